The van der Waals surface area contributed by atoms with Crippen molar-refractivity contribution >= 4 is 0 Å². The fourth-order valence-corrected chi connectivity index (χ4v) is 1.74. The van der Waals surface area contributed by atoms with E-state index in [1.165, 1.54) is 0 Å². The minimum atomic E-state index is -0.502. The number of furan rings is 1. The van der Waals surface area contributed by atoms with Crippen LogP contribution in [0.4, 0.5) is 0 Å². The van der Waals surface area contributed by atoms with Crippen LogP contribution in [0.2, 0.25) is 0 Å². The van der Waals surface area contributed by atoms with Gasteiger partial charge in [0.2, 0.25) is 0 Å². The average Bonchev–Trinajstić information content (AvgIpc) is 2.71. The van der Waals surface area contributed by atoms with Crippen molar-refractivity contribution in [2.24, 2.45) is 0 Å². The lowest BCUT2D eigenvalue weighted by Gasteiger charge is -2.23. The maximum absolute atomic E-state index is 9.90. The molecule has 1 rings (SSSR count). The van der Waals surface area contributed by atoms with Gasteiger partial charge in [0.05, 0.1) is 6.26 Å². The molecule has 3 nitrogen and oxygen atoms in total. The molecule has 1 atom stereocenters. The summed E-state index contributed by atoms with van der Waals surface area (Å²) in [5.41, 5.74) is 0. The molecule has 0 amide bonds. The Morgan fingerprint density at radius 2 is 2.00 bits per heavy atom. The van der Waals surface area contributed by atoms with Gasteiger partial charge in [-0.25, -0.2) is 0 Å². The molecule has 0 saturated carbocycles. The number of aliphatic hydroxyl groups excluding tert-OH is 1. The summed E-state index contributed by atoms with van der Waals surface area (Å²) in [6.07, 6.45) is 3.33. The first-order valence-electron chi connectivity index (χ1n) is 5.71. The number of nitrogens with zero attached hydrogens (tertiary/aromatic N) is 1. The van der Waals surface area contributed by atoms with Crippen LogP contribution in [0, 0.1) is 0 Å². The second kappa shape index (κ2) is 6.64. The van der Waals surface area contributed by atoms with Crippen molar-refractivity contribution in [2.45, 2.75) is 32.8 Å². The first-order chi connectivity index (χ1) is 7.27. The van der Waals surface area contributed by atoms with Crippen molar-refractivity contribution < 1.29 is 9.52 Å². The van der Waals surface area contributed by atoms with Gasteiger partial charge in [-0.3, -0.25) is 0 Å². The van der Waals surface area contributed by atoms with Crippen LogP contribution in [0.3, 0.4) is 0 Å². The van der Waals surface area contributed by atoms with Crippen molar-refractivity contribution in [3.8, 4) is 0 Å². The topological polar surface area (TPSA) is 36.6 Å². The second-order valence-electron chi connectivity index (χ2n) is 3.83. The van der Waals surface area contributed by atoms with Gasteiger partial charge in [-0.2, -0.15) is 0 Å². The molecule has 0 aliphatic rings. The third-order valence-corrected chi connectivity index (χ3v) is 2.38. The van der Waals surface area contributed by atoms with Gasteiger partial charge >= 0.3 is 0 Å². The van der Waals surface area contributed by atoms with E-state index in [0.29, 0.717) is 12.3 Å². The van der Waals surface area contributed by atoms with E-state index in [0.717, 1.165) is 25.9 Å². The number of aliphatic hydroxyl groups is 1. The Labute approximate surface area is 91.7 Å². The van der Waals surface area contributed by atoms with Crippen molar-refractivity contribution in [1.29, 1.82) is 0 Å². The van der Waals surface area contributed by atoms with E-state index in [9.17, 15) is 5.11 Å². The summed E-state index contributed by atoms with van der Waals surface area (Å²) in [6, 6.07) is 3.63. The Morgan fingerprint density at radius 3 is 2.47 bits per heavy atom. The maximum Gasteiger partial charge on any atom is 0.133 e. The van der Waals surface area contributed by atoms with Crippen LogP contribution in [0.5, 0.6) is 0 Å². The molecular weight excluding hydrogens is 190 g/mol. The molecule has 1 aromatic rings. The molecule has 1 aromatic heterocycles. The maximum atomic E-state index is 9.90. The van der Waals surface area contributed by atoms with Gasteiger partial charge in [0.25, 0.3) is 0 Å². The fourth-order valence-electron chi connectivity index (χ4n) is 1.74. The summed E-state index contributed by atoms with van der Waals surface area (Å²) in [5, 5.41) is 9.90. The quantitative estimate of drug-likeness (QED) is 0.752. The van der Waals surface area contributed by atoms with Gasteiger partial charge < -0.3 is 14.4 Å². The predicted molar refractivity (Wildman–Crippen MR) is 60.7 cm³/mol. The Morgan fingerprint density at radius 1 is 1.33 bits per heavy atom. The van der Waals surface area contributed by atoms with Crippen LogP contribution in [-0.4, -0.2) is 29.6 Å². The Kier molecular flexibility index (Phi) is 5.43. The summed E-state index contributed by atoms with van der Waals surface area (Å²) in [6.45, 7) is 7.04. The van der Waals surface area contributed by atoms with Crippen LogP contribution < -0.4 is 0 Å². The van der Waals surface area contributed by atoms with Crippen LogP contribution in [0.25, 0.3) is 0 Å². The average molecular weight is 211 g/mol. The molecule has 0 spiro atoms. The number of hydrogen-bond acceptors (Lipinski definition) is 3. The summed E-state index contributed by atoms with van der Waals surface area (Å²) in [5.74, 6) is 0.659. The summed E-state index contributed by atoms with van der Waals surface area (Å²) >= 11 is 0. The molecule has 0 aliphatic carbocycles. The summed E-state index contributed by atoms with van der Waals surface area (Å²) in [7, 11) is 0. The third kappa shape index (κ3) is 4.06. The van der Waals surface area contributed by atoms with Gasteiger partial charge in [-0.15, -0.1) is 0 Å². The number of hydrogen-bond donors (Lipinski definition) is 1. The highest BCUT2D eigenvalue weighted by atomic mass is 16.4. The van der Waals surface area contributed by atoms with Crippen molar-refractivity contribution in [3.05, 3.63) is 24.2 Å². The van der Waals surface area contributed by atoms with Crippen molar-refractivity contribution in [3.63, 3.8) is 0 Å². The zero-order valence-electron chi connectivity index (χ0n) is 9.65. The lowest BCUT2D eigenvalue weighted by Crippen LogP contribution is -2.30. The van der Waals surface area contributed by atoms with Crippen LogP contribution in [0.15, 0.2) is 22.8 Å². The van der Waals surface area contributed by atoms with Crippen LogP contribution in [0.1, 0.15) is 38.6 Å². The van der Waals surface area contributed by atoms with Gasteiger partial charge in [0.15, 0.2) is 0 Å². The zero-order valence-corrected chi connectivity index (χ0v) is 9.65. The van der Waals surface area contributed by atoms with E-state index in [1.807, 2.05) is 12.1 Å². The molecule has 1 N–H and O–H groups in total. The highest BCUT2D eigenvalue weighted by Gasteiger charge is 2.14. The monoisotopic (exact) mass is 211 g/mol. The van der Waals surface area contributed by atoms with E-state index >= 15 is 0 Å². The first kappa shape index (κ1) is 12.3. The van der Waals surface area contributed by atoms with Crippen LogP contribution in [-0.2, 0) is 0 Å². The van der Waals surface area contributed by atoms with E-state index in [2.05, 4.69) is 18.7 Å². The fraction of sp³-hybridized carbons (Fsp3) is 0.667. The highest BCUT2D eigenvalue weighted by molar-refractivity contribution is 5.02. The van der Waals surface area contributed by atoms with Crippen LogP contribution >= 0.6 is 0 Å². The van der Waals surface area contributed by atoms with E-state index in [-0.39, 0.29) is 0 Å². The standard InChI is InChI=1S/C12H21NO2/c1-3-7-13(8-4-2)10-11(14)12-6-5-9-15-12/h5-6,9,11,14H,3-4,7-8,10H2,1-2H3. The smallest absolute Gasteiger partial charge is 0.133 e. The SMILES string of the molecule is CCCN(CCC)CC(O)c1ccco1. The lowest BCUT2D eigenvalue weighted by atomic mass is 10.2. The molecule has 1 heterocycles. The molecule has 0 aromatic carbocycles. The van der Waals surface area contributed by atoms with Gasteiger partial charge in [-0.1, -0.05) is 13.8 Å². The highest BCUT2D eigenvalue weighted by Crippen LogP contribution is 2.14. The zero-order chi connectivity index (χ0) is 11.1. The molecule has 0 fully saturated rings. The minimum absolute atomic E-state index is 0.502. The molecule has 3 heteroatoms. The van der Waals surface area contributed by atoms with E-state index in [1.54, 1.807) is 6.26 Å². The summed E-state index contributed by atoms with van der Waals surface area (Å²) in [4.78, 5) is 2.27. The normalized spacial score (nSPS) is 13.3. The van der Waals surface area contributed by atoms with Gasteiger partial charge in [0.1, 0.15) is 11.9 Å². The van der Waals surface area contributed by atoms with Gasteiger partial charge in [0, 0.05) is 6.54 Å². The van der Waals surface area contributed by atoms with Gasteiger partial charge in [-0.05, 0) is 38.1 Å². The van der Waals surface area contributed by atoms with E-state index in [4.69, 9.17) is 4.42 Å². The predicted octanol–water partition coefficient (Wildman–Crippen LogP) is 2.44. The van der Waals surface area contributed by atoms with Crippen molar-refractivity contribution in [2.75, 3.05) is 19.6 Å². The minimum Gasteiger partial charge on any atom is -0.467 e. The Bertz CT molecular complexity index is 240. The second-order valence-corrected chi connectivity index (χ2v) is 3.83. The first-order valence-corrected chi connectivity index (χ1v) is 5.71. The van der Waals surface area contributed by atoms with E-state index < -0.39 is 6.10 Å². The molecular formula is C12H21NO2. The largest absolute Gasteiger partial charge is 0.467 e. The summed E-state index contributed by atoms with van der Waals surface area (Å²) < 4.78 is 5.18. The molecule has 15 heavy (non-hydrogen) atoms. The molecule has 1 unspecified atom stereocenters. The third-order valence-electron chi connectivity index (χ3n) is 2.38. The Hall–Kier alpha value is -0.800. The molecule has 0 bridgehead atoms. The molecule has 0 saturated heterocycles. The molecule has 86 valence electrons. The lowest BCUT2D eigenvalue weighted by molar-refractivity contribution is 0.0943. The van der Waals surface area contributed by atoms with Crippen molar-refractivity contribution in [1.82, 2.24) is 4.90 Å². The molecule has 0 aliphatic heterocycles. The number of rotatable bonds is 7. The Balaban J connectivity index is 2.43. The molecule has 0 radical (unpaired) electrons.